The Kier molecular flexibility index (Phi) is 2.27. The Bertz CT molecular complexity index is 98.3. The smallest absolute Gasteiger partial charge is 0.207 e. The molecule has 59 valence electrons. The van der Waals surface area contributed by atoms with Gasteiger partial charge in [-0.15, -0.1) is 0 Å². The topological polar surface area (TPSA) is 0 Å². The molecule has 2 heteroatoms. The van der Waals surface area contributed by atoms with E-state index in [0.717, 1.165) is 26.2 Å². The normalized spacial score (nSPS) is 23.1. The highest BCUT2D eigenvalue weighted by molar-refractivity contribution is 5.02. The number of alkyl halides is 2. The molecule has 0 aliphatic heterocycles. The van der Waals surface area contributed by atoms with Gasteiger partial charge in [0.25, 0.3) is 5.92 Å². The van der Waals surface area contributed by atoms with Gasteiger partial charge in [-0.05, 0) is 19.8 Å². The summed E-state index contributed by atoms with van der Waals surface area (Å²) < 4.78 is 25.1. The first-order valence-electron chi connectivity index (χ1n) is 3.84. The summed E-state index contributed by atoms with van der Waals surface area (Å²) in [6.07, 6.45) is 4.32. The molecule has 0 aromatic carbocycles. The fourth-order valence-corrected chi connectivity index (χ4v) is 1.42. The summed E-state index contributed by atoms with van der Waals surface area (Å²) >= 11 is 0. The summed E-state index contributed by atoms with van der Waals surface area (Å²) in [4.78, 5) is 0. The van der Waals surface area contributed by atoms with E-state index in [4.69, 9.17) is 0 Å². The minimum absolute atomic E-state index is 0.457. The van der Waals surface area contributed by atoms with Gasteiger partial charge in [-0.25, -0.2) is 8.78 Å². The van der Waals surface area contributed by atoms with E-state index in [0.29, 0.717) is 18.8 Å². The highest BCUT2D eigenvalue weighted by Gasteiger charge is 2.34. The van der Waals surface area contributed by atoms with E-state index in [9.17, 15) is 8.78 Å². The van der Waals surface area contributed by atoms with Crippen molar-refractivity contribution in [1.29, 1.82) is 0 Å². The Morgan fingerprint density at radius 1 is 1.10 bits per heavy atom. The monoisotopic (exact) mass is 147 g/mol. The van der Waals surface area contributed by atoms with Crippen LogP contribution >= 0.6 is 0 Å². The summed E-state index contributed by atoms with van der Waals surface area (Å²) in [5, 5.41) is 0. The molecular weight excluding hydrogens is 134 g/mol. The predicted octanol–water partition coefficient (Wildman–Crippen LogP) is 3.18. The second-order valence-corrected chi connectivity index (χ2v) is 3.05. The maximum atomic E-state index is 12.6. The predicted molar refractivity (Wildman–Crippen MR) is 36.9 cm³/mol. The van der Waals surface area contributed by atoms with Crippen LogP contribution in [0, 0.1) is 5.92 Å². The third-order valence-electron chi connectivity index (χ3n) is 2.08. The summed E-state index contributed by atoms with van der Waals surface area (Å²) in [6, 6.07) is 0. The van der Waals surface area contributed by atoms with Gasteiger partial charge >= 0.3 is 0 Å². The molecule has 1 aliphatic rings. The molecule has 0 aromatic heterocycles. The van der Waals surface area contributed by atoms with Crippen LogP contribution in [0.3, 0.4) is 0 Å². The molecule has 0 bridgehead atoms. The van der Waals surface area contributed by atoms with Gasteiger partial charge in [-0.2, -0.15) is 0 Å². The van der Waals surface area contributed by atoms with Crippen molar-refractivity contribution in [3.8, 4) is 0 Å². The first-order chi connectivity index (χ1) is 4.61. The maximum absolute atomic E-state index is 12.6. The molecular formula is C8H13F2. The van der Waals surface area contributed by atoms with Crippen LogP contribution in [-0.2, 0) is 0 Å². The van der Waals surface area contributed by atoms with Crippen molar-refractivity contribution >= 4 is 0 Å². The molecule has 1 fully saturated rings. The summed E-state index contributed by atoms with van der Waals surface area (Å²) in [5.74, 6) is -2.06. The van der Waals surface area contributed by atoms with Gasteiger partial charge in [0, 0.05) is 5.92 Å². The number of rotatable bonds is 1. The zero-order chi connectivity index (χ0) is 7.61. The SMILES string of the molecule is CC(F)(F)[C]1CCCCC1. The Labute approximate surface area is 60.6 Å². The quantitative estimate of drug-likeness (QED) is 0.534. The third kappa shape index (κ3) is 1.93. The molecule has 1 aliphatic carbocycles. The summed E-state index contributed by atoms with van der Waals surface area (Å²) in [5.41, 5.74) is 0. The van der Waals surface area contributed by atoms with Crippen LogP contribution in [0.5, 0.6) is 0 Å². The lowest BCUT2D eigenvalue weighted by Crippen LogP contribution is -2.24. The molecule has 1 saturated carbocycles. The van der Waals surface area contributed by atoms with Gasteiger partial charge in [-0.3, -0.25) is 0 Å². The number of halogens is 2. The van der Waals surface area contributed by atoms with Gasteiger partial charge < -0.3 is 0 Å². The Morgan fingerprint density at radius 2 is 1.60 bits per heavy atom. The van der Waals surface area contributed by atoms with E-state index in [1.54, 1.807) is 0 Å². The van der Waals surface area contributed by atoms with E-state index in [1.807, 2.05) is 0 Å². The molecule has 0 amide bonds. The fourth-order valence-electron chi connectivity index (χ4n) is 1.42. The van der Waals surface area contributed by atoms with Crippen LogP contribution in [0.25, 0.3) is 0 Å². The first-order valence-corrected chi connectivity index (χ1v) is 3.84. The molecule has 0 aromatic rings. The summed E-state index contributed by atoms with van der Waals surface area (Å²) in [7, 11) is 0. The van der Waals surface area contributed by atoms with Gasteiger partial charge in [0.05, 0.1) is 0 Å². The van der Waals surface area contributed by atoms with Gasteiger partial charge in [-0.1, -0.05) is 19.3 Å². The second kappa shape index (κ2) is 2.85. The van der Waals surface area contributed by atoms with Gasteiger partial charge in [0.15, 0.2) is 0 Å². The lowest BCUT2D eigenvalue weighted by Gasteiger charge is -2.26. The molecule has 0 atom stereocenters. The van der Waals surface area contributed by atoms with Crippen molar-refractivity contribution < 1.29 is 8.78 Å². The van der Waals surface area contributed by atoms with Crippen LogP contribution in [0.4, 0.5) is 8.78 Å². The van der Waals surface area contributed by atoms with Crippen LogP contribution in [0.15, 0.2) is 0 Å². The van der Waals surface area contributed by atoms with Crippen LogP contribution in [0.2, 0.25) is 0 Å². The average molecular weight is 147 g/mol. The third-order valence-corrected chi connectivity index (χ3v) is 2.08. The van der Waals surface area contributed by atoms with Crippen molar-refractivity contribution in [2.24, 2.45) is 0 Å². The Morgan fingerprint density at radius 3 is 1.90 bits per heavy atom. The molecule has 0 unspecified atom stereocenters. The van der Waals surface area contributed by atoms with E-state index in [2.05, 4.69) is 0 Å². The van der Waals surface area contributed by atoms with Crippen molar-refractivity contribution in [3.63, 3.8) is 0 Å². The van der Waals surface area contributed by atoms with Crippen molar-refractivity contribution in [1.82, 2.24) is 0 Å². The second-order valence-electron chi connectivity index (χ2n) is 3.05. The zero-order valence-corrected chi connectivity index (χ0v) is 6.29. The molecule has 0 nitrogen and oxygen atoms in total. The number of hydrogen-bond donors (Lipinski definition) is 0. The fraction of sp³-hybridized carbons (Fsp3) is 0.875. The lowest BCUT2D eigenvalue weighted by molar-refractivity contribution is 0.0238. The molecule has 0 heterocycles. The molecule has 0 spiro atoms. The zero-order valence-electron chi connectivity index (χ0n) is 6.29. The van der Waals surface area contributed by atoms with Crippen LogP contribution in [-0.4, -0.2) is 5.92 Å². The van der Waals surface area contributed by atoms with E-state index < -0.39 is 5.92 Å². The summed E-state index contributed by atoms with van der Waals surface area (Å²) in [6.45, 7) is 1.01. The van der Waals surface area contributed by atoms with Crippen LogP contribution in [0.1, 0.15) is 39.0 Å². The highest BCUT2D eigenvalue weighted by Crippen LogP contribution is 2.37. The molecule has 0 saturated heterocycles. The average Bonchev–Trinajstić information content (AvgIpc) is 1.88. The van der Waals surface area contributed by atoms with Crippen molar-refractivity contribution in [2.45, 2.75) is 45.0 Å². The lowest BCUT2D eigenvalue weighted by atomic mass is 9.85. The molecule has 1 rings (SSSR count). The van der Waals surface area contributed by atoms with Crippen LogP contribution < -0.4 is 0 Å². The molecule has 0 N–H and O–H groups in total. The molecule has 10 heavy (non-hydrogen) atoms. The van der Waals surface area contributed by atoms with E-state index in [-0.39, 0.29) is 0 Å². The first kappa shape index (κ1) is 7.96. The Balaban J connectivity index is 2.39. The van der Waals surface area contributed by atoms with Crippen molar-refractivity contribution in [2.75, 3.05) is 0 Å². The van der Waals surface area contributed by atoms with Gasteiger partial charge in [0.1, 0.15) is 0 Å². The minimum atomic E-state index is -2.51. The standard InChI is InChI=1S/C8H13F2/c1-8(9,10)7-5-3-2-4-6-7/h2-6H2,1H3. The maximum Gasteiger partial charge on any atom is 0.251 e. The van der Waals surface area contributed by atoms with Crippen molar-refractivity contribution in [3.05, 3.63) is 5.92 Å². The van der Waals surface area contributed by atoms with E-state index in [1.165, 1.54) is 0 Å². The van der Waals surface area contributed by atoms with E-state index >= 15 is 0 Å². The van der Waals surface area contributed by atoms with Gasteiger partial charge in [0.2, 0.25) is 0 Å². The molecule has 1 radical (unpaired) electrons. The number of hydrogen-bond acceptors (Lipinski definition) is 0. The Hall–Kier alpha value is -0.140. The minimum Gasteiger partial charge on any atom is -0.207 e. The highest BCUT2D eigenvalue weighted by atomic mass is 19.3. The largest absolute Gasteiger partial charge is 0.251 e.